The molecule has 1 fully saturated rings. The van der Waals surface area contributed by atoms with Crippen molar-refractivity contribution in [2.75, 3.05) is 25.0 Å². The quantitative estimate of drug-likeness (QED) is 0.770. The molecule has 2 heterocycles. The van der Waals surface area contributed by atoms with Crippen molar-refractivity contribution < 1.29 is 5.11 Å². The summed E-state index contributed by atoms with van der Waals surface area (Å²) >= 11 is 0. The summed E-state index contributed by atoms with van der Waals surface area (Å²) in [4.78, 5) is 11.7. The maximum Gasteiger partial charge on any atom is 0.144 e. The van der Waals surface area contributed by atoms with Crippen molar-refractivity contribution in [3.8, 4) is 0 Å². The Morgan fingerprint density at radius 3 is 3.05 bits per heavy atom. The first-order valence-corrected chi connectivity index (χ1v) is 8.16. The van der Waals surface area contributed by atoms with Crippen LogP contribution in [-0.4, -0.2) is 45.7 Å². The van der Waals surface area contributed by atoms with Crippen LogP contribution in [0.1, 0.15) is 50.5 Å². The second kappa shape index (κ2) is 8.29. The Hall–Kier alpha value is -1.20. The highest BCUT2D eigenvalue weighted by molar-refractivity contribution is 5.35. The van der Waals surface area contributed by atoms with Gasteiger partial charge in [0.25, 0.3) is 0 Å². The van der Waals surface area contributed by atoms with Gasteiger partial charge in [0.1, 0.15) is 11.6 Å². The van der Waals surface area contributed by atoms with Crippen molar-refractivity contribution in [3.05, 3.63) is 17.6 Å². The van der Waals surface area contributed by atoms with Crippen molar-refractivity contribution in [1.82, 2.24) is 14.9 Å². The summed E-state index contributed by atoms with van der Waals surface area (Å²) < 4.78 is 0. The van der Waals surface area contributed by atoms with Crippen LogP contribution in [0.15, 0.2) is 6.07 Å². The third-order valence-corrected chi connectivity index (χ3v) is 4.00. The van der Waals surface area contributed by atoms with Crippen molar-refractivity contribution >= 4 is 5.82 Å². The summed E-state index contributed by atoms with van der Waals surface area (Å²) in [5, 5.41) is 12.3. The lowest BCUT2D eigenvalue weighted by Crippen LogP contribution is -2.30. The molecule has 1 atom stereocenters. The Morgan fingerprint density at radius 1 is 1.43 bits per heavy atom. The molecule has 1 saturated heterocycles. The Bertz CT molecular complexity index is 438. The SMILES string of the molecule is CCCNc1cc(C)nc(CN2CCCC2CCCO)n1. The molecular formula is C16H28N4O. The van der Waals surface area contributed by atoms with Crippen LogP contribution < -0.4 is 5.32 Å². The van der Waals surface area contributed by atoms with E-state index in [4.69, 9.17) is 5.11 Å². The number of nitrogens with one attached hydrogen (secondary N) is 1. The number of aryl methyl sites for hydroxylation is 1. The van der Waals surface area contributed by atoms with Crippen LogP contribution in [-0.2, 0) is 6.54 Å². The Balaban J connectivity index is 1.99. The average Bonchev–Trinajstić information content (AvgIpc) is 2.89. The molecule has 0 aromatic carbocycles. The average molecular weight is 292 g/mol. The minimum absolute atomic E-state index is 0.288. The van der Waals surface area contributed by atoms with E-state index < -0.39 is 0 Å². The highest BCUT2D eigenvalue weighted by Crippen LogP contribution is 2.23. The van der Waals surface area contributed by atoms with E-state index in [9.17, 15) is 0 Å². The summed E-state index contributed by atoms with van der Waals surface area (Å²) in [6.07, 6.45) is 5.52. The summed E-state index contributed by atoms with van der Waals surface area (Å²) in [5.41, 5.74) is 1.02. The number of nitrogens with zero attached hydrogens (tertiary/aromatic N) is 3. The van der Waals surface area contributed by atoms with Gasteiger partial charge in [-0.25, -0.2) is 9.97 Å². The van der Waals surface area contributed by atoms with E-state index in [0.29, 0.717) is 6.04 Å². The van der Waals surface area contributed by atoms with Crippen molar-refractivity contribution in [2.24, 2.45) is 0 Å². The molecule has 0 radical (unpaired) electrons. The third kappa shape index (κ3) is 4.93. The fraction of sp³-hybridized carbons (Fsp3) is 0.750. The van der Waals surface area contributed by atoms with Crippen LogP contribution in [0.4, 0.5) is 5.82 Å². The molecule has 1 aliphatic heterocycles. The van der Waals surface area contributed by atoms with Crippen LogP contribution >= 0.6 is 0 Å². The Kier molecular flexibility index (Phi) is 6.39. The van der Waals surface area contributed by atoms with Crippen LogP contribution in [0, 0.1) is 6.92 Å². The van der Waals surface area contributed by atoms with Gasteiger partial charge in [0.15, 0.2) is 0 Å². The van der Waals surface area contributed by atoms with E-state index in [1.165, 1.54) is 12.8 Å². The molecule has 0 spiro atoms. The lowest BCUT2D eigenvalue weighted by atomic mass is 10.1. The van der Waals surface area contributed by atoms with Crippen LogP contribution in [0.5, 0.6) is 0 Å². The smallest absolute Gasteiger partial charge is 0.144 e. The van der Waals surface area contributed by atoms with Crippen LogP contribution in [0.2, 0.25) is 0 Å². The highest BCUT2D eigenvalue weighted by atomic mass is 16.2. The largest absolute Gasteiger partial charge is 0.396 e. The second-order valence-electron chi connectivity index (χ2n) is 5.87. The second-order valence-corrected chi connectivity index (χ2v) is 5.87. The van der Waals surface area contributed by atoms with Gasteiger partial charge >= 0.3 is 0 Å². The topological polar surface area (TPSA) is 61.3 Å². The van der Waals surface area contributed by atoms with Crippen LogP contribution in [0.3, 0.4) is 0 Å². The first-order chi connectivity index (χ1) is 10.2. The monoisotopic (exact) mass is 292 g/mol. The Labute approximate surface area is 127 Å². The minimum Gasteiger partial charge on any atom is -0.396 e. The minimum atomic E-state index is 0.288. The lowest BCUT2D eigenvalue weighted by Gasteiger charge is -2.23. The summed E-state index contributed by atoms with van der Waals surface area (Å²) in [6.45, 7) is 7.34. The predicted molar refractivity (Wildman–Crippen MR) is 85.3 cm³/mol. The number of hydrogen-bond acceptors (Lipinski definition) is 5. The van der Waals surface area contributed by atoms with Gasteiger partial charge in [-0.05, 0) is 45.6 Å². The molecule has 0 bridgehead atoms. The number of aromatic nitrogens is 2. The summed E-state index contributed by atoms with van der Waals surface area (Å²) in [5.74, 6) is 1.84. The fourth-order valence-corrected chi connectivity index (χ4v) is 2.98. The van der Waals surface area contributed by atoms with E-state index in [1.807, 2.05) is 13.0 Å². The van der Waals surface area contributed by atoms with Gasteiger partial charge in [0.05, 0.1) is 6.54 Å². The number of rotatable bonds is 8. The number of anilines is 1. The molecule has 5 heteroatoms. The molecule has 0 saturated carbocycles. The number of aliphatic hydroxyl groups is 1. The zero-order chi connectivity index (χ0) is 15.1. The molecular weight excluding hydrogens is 264 g/mol. The fourth-order valence-electron chi connectivity index (χ4n) is 2.98. The summed E-state index contributed by atoms with van der Waals surface area (Å²) in [6, 6.07) is 2.58. The van der Waals surface area contributed by atoms with Crippen molar-refractivity contribution in [1.29, 1.82) is 0 Å². The third-order valence-electron chi connectivity index (χ3n) is 4.00. The summed E-state index contributed by atoms with van der Waals surface area (Å²) in [7, 11) is 0. The van der Waals surface area contributed by atoms with Gasteiger partial charge in [-0.15, -0.1) is 0 Å². The number of likely N-dealkylation sites (tertiary alicyclic amines) is 1. The molecule has 0 amide bonds. The number of hydrogen-bond donors (Lipinski definition) is 2. The van der Waals surface area contributed by atoms with Crippen LogP contribution in [0.25, 0.3) is 0 Å². The predicted octanol–water partition coefficient (Wildman–Crippen LogP) is 2.34. The van der Waals surface area contributed by atoms with Gasteiger partial charge in [-0.2, -0.15) is 0 Å². The van der Waals surface area contributed by atoms with E-state index in [1.54, 1.807) is 0 Å². The van der Waals surface area contributed by atoms with Gasteiger partial charge in [0.2, 0.25) is 0 Å². The van der Waals surface area contributed by atoms with Gasteiger partial charge in [0, 0.05) is 31.0 Å². The zero-order valence-corrected chi connectivity index (χ0v) is 13.3. The molecule has 0 aliphatic carbocycles. The molecule has 2 rings (SSSR count). The molecule has 1 unspecified atom stereocenters. The van der Waals surface area contributed by atoms with E-state index in [2.05, 4.69) is 27.1 Å². The standard InChI is InChI=1S/C16H28N4O/c1-3-8-17-15-11-13(2)18-16(19-15)12-20-9-4-6-14(20)7-5-10-21/h11,14,21H,3-10,12H2,1-2H3,(H,17,18,19). The maximum atomic E-state index is 9.01. The van der Waals surface area contributed by atoms with Crippen molar-refractivity contribution in [3.63, 3.8) is 0 Å². The number of aliphatic hydroxyl groups excluding tert-OH is 1. The molecule has 1 aromatic rings. The normalized spacial score (nSPS) is 19.1. The van der Waals surface area contributed by atoms with E-state index >= 15 is 0 Å². The first-order valence-electron chi connectivity index (χ1n) is 8.16. The van der Waals surface area contributed by atoms with Gasteiger partial charge in [-0.1, -0.05) is 6.92 Å². The molecule has 5 nitrogen and oxygen atoms in total. The first kappa shape index (κ1) is 16.2. The van der Waals surface area contributed by atoms with Crippen molar-refractivity contribution in [2.45, 2.75) is 58.5 Å². The zero-order valence-electron chi connectivity index (χ0n) is 13.3. The van der Waals surface area contributed by atoms with Gasteiger partial charge < -0.3 is 10.4 Å². The van der Waals surface area contributed by atoms with E-state index in [-0.39, 0.29) is 6.61 Å². The Morgan fingerprint density at radius 2 is 2.29 bits per heavy atom. The molecule has 21 heavy (non-hydrogen) atoms. The highest BCUT2D eigenvalue weighted by Gasteiger charge is 2.24. The maximum absolute atomic E-state index is 9.01. The van der Waals surface area contributed by atoms with E-state index in [0.717, 1.165) is 56.2 Å². The molecule has 118 valence electrons. The lowest BCUT2D eigenvalue weighted by molar-refractivity contribution is 0.206. The molecule has 1 aliphatic rings. The molecule has 2 N–H and O–H groups in total. The molecule has 1 aromatic heterocycles. The van der Waals surface area contributed by atoms with Gasteiger partial charge in [-0.3, -0.25) is 4.90 Å².